The molecule has 0 radical (unpaired) electrons. The Morgan fingerprint density at radius 2 is 1.57 bits per heavy atom. The fourth-order valence-corrected chi connectivity index (χ4v) is 2.77. The molecule has 0 unspecified atom stereocenters. The number of amides is 2. The molecule has 2 amide bonds. The van der Waals surface area contributed by atoms with Crippen molar-refractivity contribution in [2.45, 2.75) is 33.1 Å². The Hall–Kier alpha value is -3.02. The summed E-state index contributed by atoms with van der Waals surface area (Å²) >= 11 is 0. The van der Waals surface area contributed by atoms with E-state index >= 15 is 0 Å². The molecule has 0 spiro atoms. The molecule has 0 aromatic heterocycles. The molecule has 0 saturated carbocycles. The molecule has 0 bridgehead atoms. The lowest BCUT2D eigenvalue weighted by atomic mass is 9.87. The van der Waals surface area contributed by atoms with Crippen LogP contribution in [0.15, 0.2) is 42.5 Å². The molecule has 0 saturated heterocycles. The van der Waals surface area contributed by atoms with Gasteiger partial charge >= 0.3 is 0 Å². The maximum Gasteiger partial charge on any atom is 0.244 e. The second-order valence-electron chi connectivity index (χ2n) is 7.52. The van der Waals surface area contributed by atoms with E-state index in [1.165, 1.54) is 24.5 Å². The van der Waals surface area contributed by atoms with Crippen LogP contribution in [0.4, 0.5) is 11.4 Å². The van der Waals surface area contributed by atoms with Crippen molar-refractivity contribution in [1.29, 1.82) is 0 Å². The number of ether oxygens (including phenoxy) is 2. The van der Waals surface area contributed by atoms with Gasteiger partial charge in [0.05, 0.1) is 14.2 Å². The SMILES string of the molecule is COc1ccc(N(CC(=O)Nc2ccc(C(C)(C)C)cc2)C(C)=O)cc1OC. The lowest BCUT2D eigenvalue weighted by molar-refractivity contribution is -0.120. The molecule has 28 heavy (non-hydrogen) atoms. The summed E-state index contributed by atoms with van der Waals surface area (Å²) in [6, 6.07) is 12.8. The molecule has 0 aliphatic carbocycles. The summed E-state index contributed by atoms with van der Waals surface area (Å²) in [6.45, 7) is 7.71. The van der Waals surface area contributed by atoms with Gasteiger partial charge in [-0.1, -0.05) is 32.9 Å². The molecule has 6 heteroatoms. The first-order chi connectivity index (χ1) is 13.2. The maximum absolute atomic E-state index is 12.5. The standard InChI is InChI=1S/C22H28N2O4/c1-15(25)24(18-11-12-19(27-5)20(13-18)28-6)14-21(26)23-17-9-7-16(8-10-17)22(2,3)4/h7-13H,14H2,1-6H3,(H,23,26). The van der Waals surface area contributed by atoms with Crippen LogP contribution < -0.4 is 19.7 Å². The van der Waals surface area contributed by atoms with Crippen molar-refractivity contribution in [1.82, 2.24) is 0 Å². The number of hydrogen-bond donors (Lipinski definition) is 1. The first-order valence-corrected chi connectivity index (χ1v) is 9.06. The molecule has 2 aromatic rings. The van der Waals surface area contributed by atoms with Crippen LogP contribution in [0.25, 0.3) is 0 Å². The van der Waals surface area contributed by atoms with Crippen molar-refractivity contribution < 1.29 is 19.1 Å². The van der Waals surface area contributed by atoms with Crippen LogP contribution in [-0.2, 0) is 15.0 Å². The predicted molar refractivity (Wildman–Crippen MR) is 111 cm³/mol. The van der Waals surface area contributed by atoms with Gasteiger partial charge in [0.1, 0.15) is 6.54 Å². The second kappa shape index (κ2) is 8.78. The third kappa shape index (κ3) is 5.25. The normalized spacial score (nSPS) is 10.9. The minimum atomic E-state index is -0.284. The average molecular weight is 384 g/mol. The average Bonchev–Trinajstić information content (AvgIpc) is 2.65. The number of rotatable bonds is 6. The number of benzene rings is 2. The molecule has 0 fully saturated rings. The highest BCUT2D eigenvalue weighted by atomic mass is 16.5. The summed E-state index contributed by atoms with van der Waals surface area (Å²) in [5.41, 5.74) is 2.47. The van der Waals surface area contributed by atoms with E-state index in [9.17, 15) is 9.59 Å². The Balaban J connectivity index is 2.14. The van der Waals surface area contributed by atoms with Crippen LogP contribution in [0.3, 0.4) is 0 Å². The Kier molecular flexibility index (Phi) is 6.67. The Labute approximate surface area is 166 Å². The monoisotopic (exact) mass is 384 g/mol. The van der Waals surface area contributed by atoms with Gasteiger partial charge in [-0.15, -0.1) is 0 Å². The van der Waals surface area contributed by atoms with Crippen molar-refractivity contribution in [3.63, 3.8) is 0 Å². The van der Waals surface area contributed by atoms with Gasteiger partial charge in [0, 0.05) is 24.4 Å². The van der Waals surface area contributed by atoms with Crippen molar-refractivity contribution in [2.24, 2.45) is 0 Å². The molecule has 0 aliphatic rings. The molecule has 6 nitrogen and oxygen atoms in total. The quantitative estimate of drug-likeness (QED) is 0.818. The van der Waals surface area contributed by atoms with E-state index in [-0.39, 0.29) is 23.8 Å². The zero-order chi connectivity index (χ0) is 20.9. The summed E-state index contributed by atoms with van der Waals surface area (Å²) < 4.78 is 10.5. The highest BCUT2D eigenvalue weighted by Crippen LogP contribution is 2.31. The molecule has 0 aliphatic heterocycles. The number of carbonyl (C=O) groups excluding carboxylic acids is 2. The van der Waals surface area contributed by atoms with E-state index in [2.05, 4.69) is 26.1 Å². The van der Waals surface area contributed by atoms with Crippen molar-refractivity contribution in [2.75, 3.05) is 31.0 Å². The molecular formula is C22H28N2O4. The van der Waals surface area contributed by atoms with E-state index in [1.807, 2.05) is 24.3 Å². The van der Waals surface area contributed by atoms with E-state index in [0.29, 0.717) is 22.9 Å². The van der Waals surface area contributed by atoms with Crippen LogP contribution in [0.2, 0.25) is 0 Å². The third-order valence-corrected chi connectivity index (χ3v) is 4.40. The van der Waals surface area contributed by atoms with Gasteiger partial charge in [0.2, 0.25) is 11.8 Å². The van der Waals surface area contributed by atoms with Crippen LogP contribution in [0.1, 0.15) is 33.3 Å². The van der Waals surface area contributed by atoms with Crippen molar-refractivity contribution in [3.05, 3.63) is 48.0 Å². The Morgan fingerprint density at radius 3 is 2.07 bits per heavy atom. The molecule has 2 aromatic carbocycles. The number of methoxy groups -OCH3 is 2. The van der Waals surface area contributed by atoms with E-state index in [0.717, 1.165) is 0 Å². The smallest absolute Gasteiger partial charge is 0.244 e. The topological polar surface area (TPSA) is 67.9 Å². The Morgan fingerprint density at radius 1 is 0.964 bits per heavy atom. The predicted octanol–water partition coefficient (Wildman–Crippen LogP) is 3.99. The minimum absolute atomic E-state index is 0.0430. The van der Waals surface area contributed by atoms with E-state index < -0.39 is 0 Å². The van der Waals surface area contributed by atoms with Crippen molar-refractivity contribution in [3.8, 4) is 11.5 Å². The van der Waals surface area contributed by atoms with Gasteiger partial charge in [0.25, 0.3) is 0 Å². The van der Waals surface area contributed by atoms with Crippen molar-refractivity contribution >= 4 is 23.2 Å². The summed E-state index contributed by atoms with van der Waals surface area (Å²) in [4.78, 5) is 26.0. The van der Waals surface area contributed by atoms with Gasteiger partial charge < -0.3 is 19.7 Å². The molecule has 0 atom stereocenters. The number of nitrogens with one attached hydrogen (secondary N) is 1. The minimum Gasteiger partial charge on any atom is -0.493 e. The second-order valence-corrected chi connectivity index (χ2v) is 7.52. The first kappa shape index (κ1) is 21.3. The lowest BCUT2D eigenvalue weighted by Crippen LogP contribution is -2.36. The van der Waals surface area contributed by atoms with Crippen LogP contribution >= 0.6 is 0 Å². The molecule has 1 N–H and O–H groups in total. The Bertz CT molecular complexity index is 839. The number of hydrogen-bond acceptors (Lipinski definition) is 4. The van der Waals surface area contributed by atoms with Gasteiger partial charge in [-0.2, -0.15) is 0 Å². The first-order valence-electron chi connectivity index (χ1n) is 9.06. The van der Waals surface area contributed by atoms with Crippen LogP contribution in [0.5, 0.6) is 11.5 Å². The molecule has 150 valence electrons. The van der Waals surface area contributed by atoms with Gasteiger partial charge in [-0.05, 0) is 35.2 Å². The fourth-order valence-electron chi connectivity index (χ4n) is 2.77. The summed E-state index contributed by atoms with van der Waals surface area (Å²) in [6.07, 6.45) is 0. The summed E-state index contributed by atoms with van der Waals surface area (Å²) in [5.74, 6) is 0.515. The number of anilines is 2. The lowest BCUT2D eigenvalue weighted by Gasteiger charge is -2.22. The molecule has 2 rings (SSSR count). The zero-order valence-corrected chi connectivity index (χ0v) is 17.3. The van der Waals surface area contributed by atoms with Gasteiger partial charge in [-0.3, -0.25) is 9.59 Å². The van der Waals surface area contributed by atoms with Gasteiger partial charge in [-0.25, -0.2) is 0 Å². The maximum atomic E-state index is 12.5. The van der Waals surface area contributed by atoms with Crippen LogP contribution in [-0.4, -0.2) is 32.6 Å². The molecule has 0 heterocycles. The van der Waals surface area contributed by atoms with E-state index in [4.69, 9.17) is 9.47 Å². The summed E-state index contributed by atoms with van der Waals surface area (Å²) in [7, 11) is 3.06. The summed E-state index contributed by atoms with van der Waals surface area (Å²) in [5, 5.41) is 2.84. The largest absolute Gasteiger partial charge is 0.493 e. The van der Waals surface area contributed by atoms with Crippen LogP contribution in [0, 0.1) is 0 Å². The number of nitrogens with zero attached hydrogens (tertiary/aromatic N) is 1. The highest BCUT2D eigenvalue weighted by molar-refractivity contribution is 6.02. The number of carbonyl (C=O) groups is 2. The molecular weight excluding hydrogens is 356 g/mol. The highest BCUT2D eigenvalue weighted by Gasteiger charge is 2.18. The fraction of sp³-hybridized carbons (Fsp3) is 0.364. The van der Waals surface area contributed by atoms with Gasteiger partial charge in [0.15, 0.2) is 11.5 Å². The van der Waals surface area contributed by atoms with E-state index in [1.54, 1.807) is 25.3 Å². The third-order valence-electron chi connectivity index (χ3n) is 4.40. The zero-order valence-electron chi connectivity index (χ0n) is 17.3.